The van der Waals surface area contributed by atoms with Crippen LogP contribution in [0.4, 0.5) is 5.69 Å². The van der Waals surface area contributed by atoms with Gasteiger partial charge in [-0.3, -0.25) is 19.6 Å². The van der Waals surface area contributed by atoms with Gasteiger partial charge in [-0.15, -0.1) is 0 Å². The number of methoxy groups -OCH3 is 1. The summed E-state index contributed by atoms with van der Waals surface area (Å²) < 4.78 is 5.61. The van der Waals surface area contributed by atoms with E-state index in [1.807, 2.05) is 49.4 Å². The molecule has 0 saturated carbocycles. The molecular weight excluding hydrogens is 606 g/mol. The van der Waals surface area contributed by atoms with Crippen molar-refractivity contribution in [1.82, 2.24) is 30.9 Å². The number of amides is 2. The second-order valence-corrected chi connectivity index (χ2v) is 11.4. The lowest BCUT2D eigenvalue weighted by molar-refractivity contribution is -0.119. The topological polar surface area (TPSA) is 150 Å². The lowest BCUT2D eigenvalue weighted by atomic mass is 10.0. The van der Waals surface area contributed by atoms with Gasteiger partial charge in [0.1, 0.15) is 5.69 Å². The minimum Gasteiger partial charge on any atom is -0.481 e. The second-order valence-electron chi connectivity index (χ2n) is 11.1. The lowest BCUT2D eigenvalue weighted by Gasteiger charge is -2.16. The van der Waals surface area contributed by atoms with Gasteiger partial charge >= 0.3 is 0 Å². The van der Waals surface area contributed by atoms with Gasteiger partial charge in [-0.25, -0.2) is 4.98 Å². The molecule has 1 aromatic carbocycles. The van der Waals surface area contributed by atoms with E-state index in [-0.39, 0.29) is 24.5 Å². The number of pyridine rings is 3. The maximum absolute atomic E-state index is 13.1. The fraction of sp³-hybridized carbons (Fsp3) is 0.324. The monoisotopic (exact) mass is 643 g/mol. The Labute approximate surface area is 273 Å². The number of ether oxygens (including phenoxy) is 1. The highest BCUT2D eigenvalue weighted by atomic mass is 35.5. The molecule has 0 radical (unpaired) electrons. The Kier molecular flexibility index (Phi) is 11.3. The molecule has 11 nitrogen and oxygen atoms in total. The third-order valence-corrected chi connectivity index (χ3v) is 8.21. The van der Waals surface area contributed by atoms with Gasteiger partial charge in [-0.05, 0) is 61.7 Å². The number of nitrogens with one attached hydrogen (secondary N) is 4. The SMILES string of the molecule is COc1nc(-c2ccnc(-c3cccc(NC(=O)c4ccc(CNCCCO)cn4)c3C)c2Cl)ccc1CNCC1CCC(=O)N1. The predicted molar refractivity (Wildman–Crippen MR) is 178 cm³/mol. The zero-order valence-corrected chi connectivity index (χ0v) is 26.7. The van der Waals surface area contributed by atoms with Crippen LogP contribution in [0.15, 0.2) is 60.9 Å². The fourth-order valence-electron chi connectivity index (χ4n) is 5.29. The molecule has 5 N–H and O–H groups in total. The number of hydrogen-bond acceptors (Lipinski definition) is 9. The number of benzene rings is 1. The van der Waals surface area contributed by atoms with Crippen LogP contribution in [0.1, 0.15) is 46.4 Å². The number of rotatable bonds is 14. The van der Waals surface area contributed by atoms with Gasteiger partial charge in [0, 0.05) is 73.5 Å². The fourth-order valence-corrected chi connectivity index (χ4v) is 5.60. The molecule has 0 aliphatic carbocycles. The number of nitrogens with zero attached hydrogens (tertiary/aromatic N) is 3. The highest BCUT2D eigenvalue weighted by Crippen LogP contribution is 2.38. The van der Waals surface area contributed by atoms with Crippen LogP contribution in [0.25, 0.3) is 22.5 Å². The van der Waals surface area contributed by atoms with E-state index in [4.69, 9.17) is 26.4 Å². The molecule has 1 fully saturated rings. The summed E-state index contributed by atoms with van der Waals surface area (Å²) in [5.74, 6) is 0.247. The maximum atomic E-state index is 13.1. The van der Waals surface area contributed by atoms with Gasteiger partial charge in [-0.2, -0.15) is 0 Å². The number of aliphatic hydroxyl groups excluding tert-OH is 1. The number of carbonyl (C=O) groups excluding carboxylic acids is 2. The Balaban J connectivity index is 1.30. The van der Waals surface area contributed by atoms with Gasteiger partial charge < -0.3 is 31.1 Å². The van der Waals surface area contributed by atoms with Crippen LogP contribution in [0.3, 0.4) is 0 Å². The van der Waals surface area contributed by atoms with E-state index in [9.17, 15) is 9.59 Å². The summed E-state index contributed by atoms with van der Waals surface area (Å²) in [7, 11) is 1.58. The van der Waals surface area contributed by atoms with E-state index in [0.29, 0.717) is 78.3 Å². The van der Waals surface area contributed by atoms with Crippen LogP contribution in [0, 0.1) is 6.92 Å². The first-order valence-electron chi connectivity index (χ1n) is 15.2. The van der Waals surface area contributed by atoms with Crippen molar-refractivity contribution in [1.29, 1.82) is 0 Å². The van der Waals surface area contributed by atoms with Crippen LogP contribution < -0.4 is 26.0 Å². The van der Waals surface area contributed by atoms with E-state index in [1.54, 1.807) is 25.6 Å². The molecule has 46 heavy (non-hydrogen) atoms. The van der Waals surface area contributed by atoms with Gasteiger partial charge in [-0.1, -0.05) is 35.9 Å². The third kappa shape index (κ3) is 8.04. The Morgan fingerprint density at radius 1 is 1.09 bits per heavy atom. The lowest BCUT2D eigenvalue weighted by Crippen LogP contribution is -2.35. The number of aliphatic hydroxyl groups is 1. The summed E-state index contributed by atoms with van der Waals surface area (Å²) in [6, 6.07) is 14.9. The minimum atomic E-state index is -0.327. The first-order chi connectivity index (χ1) is 22.4. The molecule has 4 aromatic rings. The Morgan fingerprint density at radius 3 is 2.70 bits per heavy atom. The largest absolute Gasteiger partial charge is 0.481 e. The first-order valence-corrected chi connectivity index (χ1v) is 15.6. The molecule has 1 aliphatic heterocycles. The van der Waals surface area contributed by atoms with Crippen LogP contribution >= 0.6 is 11.6 Å². The minimum absolute atomic E-state index is 0.0921. The van der Waals surface area contributed by atoms with E-state index < -0.39 is 0 Å². The van der Waals surface area contributed by atoms with Crippen molar-refractivity contribution >= 4 is 29.1 Å². The summed E-state index contributed by atoms with van der Waals surface area (Å²) in [5, 5.41) is 21.9. The molecule has 0 spiro atoms. The molecule has 1 atom stereocenters. The van der Waals surface area contributed by atoms with Crippen molar-refractivity contribution in [3.8, 4) is 28.4 Å². The summed E-state index contributed by atoms with van der Waals surface area (Å²) in [6.07, 6.45) is 5.43. The Hall–Kier alpha value is -4.42. The summed E-state index contributed by atoms with van der Waals surface area (Å²) in [6.45, 7) is 4.57. The van der Waals surface area contributed by atoms with Crippen molar-refractivity contribution < 1.29 is 19.4 Å². The van der Waals surface area contributed by atoms with Gasteiger partial charge in [0.2, 0.25) is 11.8 Å². The molecular formula is C34H38ClN7O4. The molecule has 1 unspecified atom stereocenters. The highest BCUT2D eigenvalue weighted by molar-refractivity contribution is 6.35. The van der Waals surface area contributed by atoms with Crippen LogP contribution in [0.5, 0.6) is 5.88 Å². The average Bonchev–Trinajstić information content (AvgIpc) is 3.49. The number of hydrogen-bond donors (Lipinski definition) is 5. The highest BCUT2D eigenvalue weighted by Gasteiger charge is 2.21. The molecule has 5 rings (SSSR count). The molecule has 4 heterocycles. The number of aromatic nitrogens is 3. The average molecular weight is 644 g/mol. The molecule has 1 aliphatic rings. The molecule has 12 heteroatoms. The Bertz CT molecular complexity index is 1680. The normalized spacial score (nSPS) is 14.3. The second kappa shape index (κ2) is 15.7. The van der Waals surface area contributed by atoms with Gasteiger partial charge in [0.15, 0.2) is 0 Å². The van der Waals surface area contributed by atoms with Crippen molar-refractivity contribution in [2.45, 2.75) is 45.3 Å². The van der Waals surface area contributed by atoms with Crippen LogP contribution in [-0.2, 0) is 17.9 Å². The predicted octanol–water partition coefficient (Wildman–Crippen LogP) is 4.27. The Morgan fingerprint density at radius 2 is 1.96 bits per heavy atom. The van der Waals surface area contributed by atoms with E-state index in [1.165, 1.54) is 0 Å². The van der Waals surface area contributed by atoms with E-state index in [2.05, 4.69) is 31.2 Å². The number of carbonyl (C=O) groups is 2. The van der Waals surface area contributed by atoms with Crippen LogP contribution in [0.2, 0.25) is 5.02 Å². The van der Waals surface area contributed by atoms with Crippen molar-refractivity contribution in [2.24, 2.45) is 0 Å². The smallest absolute Gasteiger partial charge is 0.274 e. The summed E-state index contributed by atoms with van der Waals surface area (Å²) in [5.41, 5.74) is 6.23. The maximum Gasteiger partial charge on any atom is 0.274 e. The first kappa shape index (κ1) is 33.0. The molecule has 1 saturated heterocycles. The van der Waals surface area contributed by atoms with E-state index >= 15 is 0 Å². The molecule has 2 amide bonds. The van der Waals surface area contributed by atoms with Crippen molar-refractivity contribution in [2.75, 3.05) is 32.1 Å². The number of halogens is 1. The molecule has 0 bridgehead atoms. The van der Waals surface area contributed by atoms with Crippen molar-refractivity contribution in [3.05, 3.63) is 88.3 Å². The van der Waals surface area contributed by atoms with E-state index in [0.717, 1.165) is 28.7 Å². The third-order valence-electron chi connectivity index (χ3n) is 7.82. The van der Waals surface area contributed by atoms with Crippen LogP contribution in [-0.4, -0.2) is 64.7 Å². The number of anilines is 1. The zero-order valence-electron chi connectivity index (χ0n) is 25.9. The zero-order chi connectivity index (χ0) is 32.5. The summed E-state index contributed by atoms with van der Waals surface area (Å²) in [4.78, 5) is 38.2. The van der Waals surface area contributed by atoms with Gasteiger partial charge in [0.05, 0.1) is 23.5 Å². The van der Waals surface area contributed by atoms with Crippen molar-refractivity contribution in [3.63, 3.8) is 0 Å². The standard InChI is InChI=1S/C34H38ClN7O4/c1-21-25(5-3-6-27(21)41-33(45)29-10-7-22(18-39-29)17-36-14-4-16-43)32-31(35)26(13-15-38-32)28-11-8-23(34(42-28)46-2)19-37-20-24-9-12-30(44)40-24/h3,5-8,10-11,13,15,18,24,36-37,43H,4,9,12,14,16-17,19-20H2,1-2H3,(H,40,44)(H,41,45). The van der Waals surface area contributed by atoms with Gasteiger partial charge in [0.25, 0.3) is 5.91 Å². The quantitative estimate of drug-likeness (QED) is 0.127. The molecule has 3 aromatic heterocycles. The summed E-state index contributed by atoms with van der Waals surface area (Å²) >= 11 is 6.97. The molecule has 240 valence electrons.